The first-order valence-electron chi connectivity index (χ1n) is 4.38. The molecule has 1 aromatic rings. The van der Waals surface area contributed by atoms with Crippen LogP contribution in [0.5, 0.6) is 0 Å². The maximum atomic E-state index is 11.3. The van der Waals surface area contributed by atoms with E-state index in [9.17, 15) is 4.79 Å². The van der Waals surface area contributed by atoms with Gasteiger partial charge in [0.15, 0.2) is 5.82 Å². The van der Waals surface area contributed by atoms with Crippen LogP contribution < -0.4 is 5.48 Å². The molecule has 0 amide bonds. The van der Waals surface area contributed by atoms with Crippen LogP contribution in [0.15, 0.2) is 24.4 Å². The molecule has 76 valence electrons. The van der Waals surface area contributed by atoms with Gasteiger partial charge in [-0.05, 0) is 32.9 Å². The number of aromatic nitrogens is 1. The third kappa shape index (κ3) is 3.05. The summed E-state index contributed by atoms with van der Waals surface area (Å²) in [5, 5.41) is 0. The molecule has 0 aromatic carbocycles. The van der Waals surface area contributed by atoms with Gasteiger partial charge in [0.2, 0.25) is 0 Å². The standard InChI is InChI=1S/C10H14N2O2/c1-10(2,3)9(13)14-12-8-6-4-5-7-11-8/h4-7H,1-3H3,(H,11,12). The Balaban J connectivity index is 2.46. The number of pyridine rings is 1. The van der Waals surface area contributed by atoms with Crippen LogP contribution in [0.1, 0.15) is 20.8 Å². The second kappa shape index (κ2) is 4.09. The highest BCUT2D eigenvalue weighted by Crippen LogP contribution is 2.15. The Hall–Kier alpha value is -1.58. The summed E-state index contributed by atoms with van der Waals surface area (Å²) in [6.07, 6.45) is 1.62. The number of carbonyl (C=O) groups excluding carboxylic acids is 1. The van der Waals surface area contributed by atoms with Crippen molar-refractivity contribution in [2.24, 2.45) is 5.41 Å². The zero-order valence-corrected chi connectivity index (χ0v) is 8.57. The average molecular weight is 194 g/mol. The van der Waals surface area contributed by atoms with Gasteiger partial charge in [0.05, 0.1) is 5.41 Å². The van der Waals surface area contributed by atoms with Crippen LogP contribution >= 0.6 is 0 Å². The average Bonchev–Trinajstić information content (AvgIpc) is 2.14. The molecule has 0 unspecified atom stereocenters. The summed E-state index contributed by atoms with van der Waals surface area (Å²) in [5.41, 5.74) is 1.98. The molecule has 0 aliphatic carbocycles. The van der Waals surface area contributed by atoms with Gasteiger partial charge >= 0.3 is 5.97 Å². The van der Waals surface area contributed by atoms with Gasteiger partial charge in [-0.25, -0.2) is 15.3 Å². The van der Waals surface area contributed by atoms with Gasteiger partial charge in [-0.2, -0.15) is 0 Å². The van der Waals surface area contributed by atoms with Crippen LogP contribution in [0.3, 0.4) is 0 Å². The fourth-order valence-corrected chi connectivity index (χ4v) is 0.675. The highest BCUT2D eigenvalue weighted by Gasteiger charge is 2.23. The van der Waals surface area contributed by atoms with E-state index in [1.165, 1.54) is 0 Å². The lowest BCUT2D eigenvalue weighted by Gasteiger charge is -2.15. The quantitative estimate of drug-likeness (QED) is 0.731. The number of nitrogens with zero attached hydrogens (tertiary/aromatic N) is 1. The molecule has 0 aliphatic rings. The van der Waals surface area contributed by atoms with Crippen LogP contribution in [0.25, 0.3) is 0 Å². The van der Waals surface area contributed by atoms with Gasteiger partial charge in [0, 0.05) is 6.20 Å². The predicted molar refractivity (Wildman–Crippen MR) is 53.4 cm³/mol. The lowest BCUT2D eigenvalue weighted by atomic mass is 9.98. The molecule has 1 N–H and O–H groups in total. The Morgan fingerprint density at radius 1 is 1.43 bits per heavy atom. The van der Waals surface area contributed by atoms with Crippen LogP contribution in [-0.4, -0.2) is 11.0 Å². The minimum absolute atomic E-state index is 0.317. The zero-order chi connectivity index (χ0) is 10.6. The Morgan fingerprint density at radius 2 is 2.14 bits per heavy atom. The summed E-state index contributed by atoms with van der Waals surface area (Å²) in [6.45, 7) is 5.36. The number of nitrogens with one attached hydrogen (secondary N) is 1. The van der Waals surface area contributed by atoms with E-state index in [4.69, 9.17) is 4.84 Å². The van der Waals surface area contributed by atoms with Crippen molar-refractivity contribution in [3.05, 3.63) is 24.4 Å². The number of carbonyl (C=O) groups is 1. The summed E-state index contributed by atoms with van der Waals surface area (Å²) >= 11 is 0. The van der Waals surface area contributed by atoms with E-state index >= 15 is 0 Å². The third-order valence-electron chi connectivity index (χ3n) is 1.53. The first-order valence-corrected chi connectivity index (χ1v) is 4.38. The molecule has 1 heterocycles. The van der Waals surface area contributed by atoms with E-state index in [0.717, 1.165) is 0 Å². The molecule has 0 saturated carbocycles. The molecule has 0 bridgehead atoms. The minimum atomic E-state index is -0.512. The van der Waals surface area contributed by atoms with Crippen molar-refractivity contribution < 1.29 is 9.63 Å². The molecule has 1 aromatic heterocycles. The van der Waals surface area contributed by atoms with Gasteiger partial charge in [-0.1, -0.05) is 6.07 Å². The smallest absolute Gasteiger partial charge is 0.337 e. The largest absolute Gasteiger partial charge is 0.341 e. The van der Waals surface area contributed by atoms with Crippen molar-refractivity contribution in [2.75, 3.05) is 5.48 Å². The van der Waals surface area contributed by atoms with E-state index in [1.54, 1.807) is 45.2 Å². The maximum absolute atomic E-state index is 11.3. The molecule has 14 heavy (non-hydrogen) atoms. The van der Waals surface area contributed by atoms with E-state index in [-0.39, 0.29) is 5.97 Å². The summed E-state index contributed by atoms with van der Waals surface area (Å²) in [6, 6.07) is 5.31. The molecule has 4 nitrogen and oxygen atoms in total. The molecule has 0 radical (unpaired) electrons. The lowest BCUT2D eigenvalue weighted by Crippen LogP contribution is -2.25. The second-order valence-corrected chi connectivity index (χ2v) is 3.96. The number of hydrogen-bond donors (Lipinski definition) is 1. The summed E-state index contributed by atoms with van der Waals surface area (Å²) in [4.78, 5) is 20.1. The minimum Gasteiger partial charge on any atom is -0.341 e. The van der Waals surface area contributed by atoms with E-state index in [2.05, 4.69) is 10.5 Å². The second-order valence-electron chi connectivity index (χ2n) is 3.96. The SMILES string of the molecule is CC(C)(C)C(=O)ONc1ccccn1. The Bertz CT molecular complexity index is 304. The first kappa shape index (κ1) is 10.5. The number of hydrogen-bond acceptors (Lipinski definition) is 4. The van der Waals surface area contributed by atoms with Crippen molar-refractivity contribution in [2.45, 2.75) is 20.8 Å². The van der Waals surface area contributed by atoms with Crippen molar-refractivity contribution in [1.29, 1.82) is 0 Å². The summed E-state index contributed by atoms with van der Waals surface area (Å²) in [5.74, 6) is 0.202. The Kier molecular flexibility index (Phi) is 3.06. The van der Waals surface area contributed by atoms with Gasteiger partial charge < -0.3 is 4.84 Å². The third-order valence-corrected chi connectivity index (χ3v) is 1.53. The van der Waals surface area contributed by atoms with Gasteiger partial charge in [-0.15, -0.1) is 0 Å². The molecule has 1 rings (SSSR count). The Morgan fingerprint density at radius 3 is 2.64 bits per heavy atom. The van der Waals surface area contributed by atoms with Crippen LogP contribution in [-0.2, 0) is 9.63 Å². The monoisotopic (exact) mass is 194 g/mol. The molecule has 0 spiro atoms. The van der Waals surface area contributed by atoms with Crippen LogP contribution in [0.2, 0.25) is 0 Å². The van der Waals surface area contributed by atoms with Crippen LogP contribution in [0, 0.1) is 5.41 Å². The van der Waals surface area contributed by atoms with Crippen LogP contribution in [0.4, 0.5) is 5.82 Å². The van der Waals surface area contributed by atoms with E-state index in [0.29, 0.717) is 5.82 Å². The van der Waals surface area contributed by atoms with Gasteiger partial charge in [0.1, 0.15) is 0 Å². The molecule has 0 aliphatic heterocycles. The lowest BCUT2D eigenvalue weighted by molar-refractivity contribution is -0.149. The summed E-state index contributed by atoms with van der Waals surface area (Å²) < 4.78 is 0. The topological polar surface area (TPSA) is 51.2 Å². The summed E-state index contributed by atoms with van der Waals surface area (Å²) in [7, 11) is 0. The van der Waals surface area contributed by atoms with E-state index in [1.807, 2.05) is 0 Å². The number of rotatable bonds is 2. The normalized spacial score (nSPS) is 10.8. The zero-order valence-electron chi connectivity index (χ0n) is 8.57. The fraction of sp³-hybridized carbons (Fsp3) is 0.400. The van der Waals surface area contributed by atoms with Crippen molar-refractivity contribution in [3.8, 4) is 0 Å². The molecule has 0 saturated heterocycles. The predicted octanol–water partition coefficient (Wildman–Crippen LogP) is 2.00. The molecule has 0 atom stereocenters. The highest BCUT2D eigenvalue weighted by atomic mass is 16.7. The number of anilines is 1. The van der Waals surface area contributed by atoms with Gasteiger partial charge in [0.25, 0.3) is 0 Å². The van der Waals surface area contributed by atoms with E-state index < -0.39 is 5.41 Å². The molecule has 0 fully saturated rings. The maximum Gasteiger partial charge on any atom is 0.337 e. The first-order chi connectivity index (χ1) is 6.50. The van der Waals surface area contributed by atoms with Crippen molar-refractivity contribution in [3.63, 3.8) is 0 Å². The highest BCUT2D eigenvalue weighted by molar-refractivity contribution is 5.76. The van der Waals surface area contributed by atoms with Crippen molar-refractivity contribution >= 4 is 11.8 Å². The molecule has 4 heteroatoms. The van der Waals surface area contributed by atoms with Crippen molar-refractivity contribution in [1.82, 2.24) is 4.98 Å². The Labute approximate surface area is 83.3 Å². The van der Waals surface area contributed by atoms with Gasteiger partial charge in [-0.3, -0.25) is 0 Å². The fourth-order valence-electron chi connectivity index (χ4n) is 0.675. The molecular formula is C10H14N2O2. The molecular weight excluding hydrogens is 180 g/mol.